The maximum atomic E-state index is 13.6. The fourth-order valence-electron chi connectivity index (χ4n) is 4.80. The summed E-state index contributed by atoms with van der Waals surface area (Å²) >= 11 is 0. The molecule has 1 amide bonds. The summed E-state index contributed by atoms with van der Waals surface area (Å²) in [6.07, 6.45) is 3.15. The molecule has 0 spiro atoms. The van der Waals surface area contributed by atoms with Crippen LogP contribution in [0.1, 0.15) is 19.3 Å². The predicted molar refractivity (Wildman–Crippen MR) is 128 cm³/mol. The van der Waals surface area contributed by atoms with E-state index in [9.17, 15) is 26.7 Å². The molecular formula is C22H22N4O6S2. The number of amides is 1. The molecule has 10 nitrogen and oxygen atoms in total. The lowest BCUT2D eigenvalue weighted by atomic mass is 9.89. The quantitative estimate of drug-likeness (QED) is 0.583. The lowest BCUT2D eigenvalue weighted by Gasteiger charge is -2.38. The molecule has 0 bridgehead atoms. The Bertz CT molecular complexity index is 1470. The number of aliphatic hydroxyl groups excluding tert-OH is 1. The van der Waals surface area contributed by atoms with Gasteiger partial charge in [0.2, 0.25) is 10.0 Å². The molecule has 1 fully saturated rings. The van der Waals surface area contributed by atoms with Crippen LogP contribution in [0.15, 0.2) is 69.2 Å². The largest absolute Gasteiger partial charge is 0.511 e. The standard InChI is InChI=1S/C22H22N4O6S2/c1-33(29,30)24-13-10-11-16-18(12-13)34(31,32)25-21(23-16)19-20(27)15-8-5-9-17(15)26(22(19)28)14-6-3-2-4-7-14/h2-4,6-7,10-12,15,17,24,27H,5,8-9H2,1H3,(H,23,25)/t15-,17+/m1/s1. The third-order valence-electron chi connectivity index (χ3n) is 6.15. The van der Waals surface area contributed by atoms with Gasteiger partial charge in [0.1, 0.15) is 16.2 Å². The Morgan fingerprint density at radius 2 is 1.88 bits per heavy atom. The number of amidine groups is 1. The molecule has 0 aromatic heterocycles. The minimum absolute atomic E-state index is 0.0603. The van der Waals surface area contributed by atoms with Gasteiger partial charge < -0.3 is 15.3 Å². The topological polar surface area (TPSA) is 145 Å². The number of sulfonamides is 2. The van der Waals surface area contributed by atoms with E-state index in [-0.39, 0.29) is 45.4 Å². The summed E-state index contributed by atoms with van der Waals surface area (Å²) in [5, 5.41) is 13.9. The summed E-state index contributed by atoms with van der Waals surface area (Å²) in [4.78, 5) is 15.0. The van der Waals surface area contributed by atoms with Crippen LogP contribution in [0.5, 0.6) is 0 Å². The van der Waals surface area contributed by atoms with Crippen LogP contribution in [-0.2, 0) is 24.8 Å². The smallest absolute Gasteiger partial charge is 0.286 e. The van der Waals surface area contributed by atoms with Gasteiger partial charge in [0, 0.05) is 23.3 Å². The molecule has 34 heavy (non-hydrogen) atoms. The van der Waals surface area contributed by atoms with Crippen molar-refractivity contribution in [2.45, 2.75) is 30.2 Å². The number of fused-ring (bicyclic) bond motifs is 2. The Morgan fingerprint density at radius 1 is 1.15 bits per heavy atom. The summed E-state index contributed by atoms with van der Waals surface area (Å²) < 4.78 is 55.1. The zero-order valence-corrected chi connectivity index (χ0v) is 19.7. The Kier molecular flexibility index (Phi) is 5.17. The van der Waals surface area contributed by atoms with Crippen LogP contribution in [0, 0.1) is 5.92 Å². The summed E-state index contributed by atoms with van der Waals surface area (Å²) in [6, 6.07) is 12.8. The number of anilines is 3. The second-order valence-corrected chi connectivity index (χ2v) is 11.8. The first-order valence-corrected chi connectivity index (χ1v) is 13.9. The van der Waals surface area contributed by atoms with Gasteiger partial charge >= 0.3 is 0 Å². The van der Waals surface area contributed by atoms with E-state index in [1.54, 1.807) is 17.0 Å². The van der Waals surface area contributed by atoms with E-state index in [0.29, 0.717) is 12.1 Å². The first kappa shape index (κ1) is 22.4. The molecule has 2 atom stereocenters. The Morgan fingerprint density at radius 3 is 2.59 bits per heavy atom. The number of benzene rings is 2. The van der Waals surface area contributed by atoms with E-state index in [1.165, 1.54) is 12.1 Å². The second-order valence-electron chi connectivity index (χ2n) is 8.50. The van der Waals surface area contributed by atoms with Gasteiger partial charge in [0.25, 0.3) is 15.9 Å². The minimum atomic E-state index is -4.30. The number of carbonyl (C=O) groups excluding carboxylic acids is 1. The number of aliphatic hydroxyl groups is 1. The lowest BCUT2D eigenvalue weighted by Crippen LogP contribution is -2.50. The van der Waals surface area contributed by atoms with E-state index in [4.69, 9.17) is 0 Å². The number of nitrogens with one attached hydrogen (secondary N) is 2. The average Bonchev–Trinajstić information content (AvgIpc) is 3.23. The molecule has 5 rings (SSSR count). The molecule has 2 heterocycles. The Hall–Kier alpha value is -3.38. The van der Waals surface area contributed by atoms with Crippen molar-refractivity contribution in [2.24, 2.45) is 10.3 Å². The fraction of sp³-hybridized carbons (Fsp3) is 0.273. The average molecular weight is 503 g/mol. The van der Waals surface area contributed by atoms with Gasteiger partial charge in [-0.1, -0.05) is 24.6 Å². The highest BCUT2D eigenvalue weighted by atomic mass is 32.2. The predicted octanol–water partition coefficient (Wildman–Crippen LogP) is 2.60. The van der Waals surface area contributed by atoms with E-state index < -0.39 is 26.0 Å². The Balaban J connectivity index is 1.59. The van der Waals surface area contributed by atoms with Gasteiger partial charge in [-0.25, -0.2) is 8.42 Å². The van der Waals surface area contributed by atoms with E-state index in [1.807, 2.05) is 18.2 Å². The SMILES string of the molecule is CS(=O)(=O)Nc1ccc2c(c1)S(=O)(=O)N=C(C1=C(O)[C@@H]3CCC[C@@H]3N(c3ccccc3)C1=O)N2. The molecule has 2 aliphatic heterocycles. The highest BCUT2D eigenvalue weighted by Crippen LogP contribution is 2.43. The highest BCUT2D eigenvalue weighted by molar-refractivity contribution is 7.92. The van der Waals surface area contributed by atoms with Gasteiger partial charge in [0.05, 0.1) is 11.9 Å². The van der Waals surface area contributed by atoms with Crippen molar-refractivity contribution < 1.29 is 26.7 Å². The van der Waals surface area contributed by atoms with Crippen LogP contribution in [0.25, 0.3) is 0 Å². The van der Waals surface area contributed by atoms with Crippen molar-refractivity contribution in [3.05, 3.63) is 59.9 Å². The first-order valence-electron chi connectivity index (χ1n) is 10.6. The molecule has 0 radical (unpaired) electrons. The van der Waals surface area contributed by atoms with Crippen molar-refractivity contribution in [3.63, 3.8) is 0 Å². The van der Waals surface area contributed by atoms with Crippen molar-refractivity contribution in [2.75, 3.05) is 21.2 Å². The molecule has 1 saturated carbocycles. The van der Waals surface area contributed by atoms with E-state index >= 15 is 0 Å². The van der Waals surface area contributed by atoms with Crippen LogP contribution in [0.3, 0.4) is 0 Å². The van der Waals surface area contributed by atoms with Crippen molar-refractivity contribution >= 4 is 48.9 Å². The number of hydrogen-bond donors (Lipinski definition) is 3. The van der Waals surface area contributed by atoms with Crippen LogP contribution >= 0.6 is 0 Å². The lowest BCUT2D eigenvalue weighted by molar-refractivity contribution is -0.116. The molecule has 3 aliphatic rings. The maximum Gasteiger partial charge on any atom is 0.286 e. The summed E-state index contributed by atoms with van der Waals surface area (Å²) in [6.45, 7) is 0. The number of hydrogen-bond acceptors (Lipinski definition) is 7. The van der Waals surface area contributed by atoms with Gasteiger partial charge in [-0.2, -0.15) is 8.42 Å². The minimum Gasteiger partial charge on any atom is -0.511 e. The van der Waals surface area contributed by atoms with Crippen molar-refractivity contribution in [1.29, 1.82) is 0 Å². The molecule has 3 N–H and O–H groups in total. The first-order chi connectivity index (χ1) is 16.0. The summed E-state index contributed by atoms with van der Waals surface area (Å²) in [5.74, 6) is -1.29. The van der Waals surface area contributed by atoms with Crippen LogP contribution in [-0.4, -0.2) is 46.0 Å². The van der Waals surface area contributed by atoms with Gasteiger partial charge in [0.15, 0.2) is 5.84 Å². The monoisotopic (exact) mass is 502 g/mol. The van der Waals surface area contributed by atoms with Crippen molar-refractivity contribution in [3.8, 4) is 0 Å². The molecule has 0 unspecified atom stereocenters. The normalized spacial score (nSPS) is 23.6. The molecule has 0 saturated heterocycles. The van der Waals surface area contributed by atoms with E-state index in [2.05, 4.69) is 14.4 Å². The molecule has 12 heteroatoms. The van der Waals surface area contributed by atoms with Crippen molar-refractivity contribution in [1.82, 2.24) is 0 Å². The zero-order valence-electron chi connectivity index (χ0n) is 18.1. The number of nitrogens with zero attached hydrogens (tertiary/aromatic N) is 2. The Labute approximate surface area is 197 Å². The van der Waals surface area contributed by atoms with Gasteiger partial charge in [-0.3, -0.25) is 9.52 Å². The summed E-state index contributed by atoms with van der Waals surface area (Å²) in [5.41, 5.74) is 0.659. The third-order valence-corrected chi connectivity index (χ3v) is 8.07. The number of carbonyl (C=O) groups is 1. The molecule has 2 aromatic rings. The zero-order chi connectivity index (χ0) is 24.3. The highest BCUT2D eigenvalue weighted by Gasteiger charge is 2.47. The molecule has 178 valence electrons. The number of rotatable bonds is 4. The summed E-state index contributed by atoms with van der Waals surface area (Å²) in [7, 11) is -7.91. The van der Waals surface area contributed by atoms with Gasteiger partial charge in [-0.05, 0) is 43.2 Å². The fourth-order valence-corrected chi connectivity index (χ4v) is 6.50. The molecule has 1 aliphatic carbocycles. The van der Waals surface area contributed by atoms with E-state index in [0.717, 1.165) is 25.2 Å². The second kappa shape index (κ2) is 7.84. The van der Waals surface area contributed by atoms with Crippen LogP contribution in [0.2, 0.25) is 0 Å². The third kappa shape index (κ3) is 3.82. The maximum absolute atomic E-state index is 13.6. The van der Waals surface area contributed by atoms with Gasteiger partial charge in [-0.15, -0.1) is 4.40 Å². The van der Waals surface area contributed by atoms with Crippen LogP contribution in [0.4, 0.5) is 17.1 Å². The number of para-hydroxylation sites is 1. The molecule has 2 aromatic carbocycles. The molecular weight excluding hydrogens is 480 g/mol. The van der Waals surface area contributed by atoms with Crippen LogP contribution < -0.4 is 14.9 Å².